The Morgan fingerprint density at radius 1 is 1.47 bits per heavy atom. The van der Waals surface area contributed by atoms with E-state index in [0.29, 0.717) is 6.54 Å². The molecule has 1 saturated carbocycles. The molecule has 1 rings (SSSR count). The minimum absolute atomic E-state index is 0.268. The van der Waals surface area contributed by atoms with Gasteiger partial charge in [0, 0.05) is 6.54 Å². The number of urea groups is 1. The molecule has 1 aliphatic rings. The van der Waals surface area contributed by atoms with Crippen LogP contribution in [0.2, 0.25) is 0 Å². The molecule has 1 fully saturated rings. The molecule has 15 heavy (non-hydrogen) atoms. The monoisotopic (exact) mass is 216 g/mol. The molecule has 0 atom stereocenters. The van der Waals surface area contributed by atoms with Gasteiger partial charge in [0.1, 0.15) is 0 Å². The van der Waals surface area contributed by atoms with Gasteiger partial charge in [-0.15, -0.1) is 0 Å². The van der Waals surface area contributed by atoms with E-state index in [0.717, 1.165) is 19.3 Å². The van der Waals surface area contributed by atoms with Crippen molar-refractivity contribution in [2.45, 2.75) is 26.2 Å². The SMILES string of the molecule is CCC1(CNC(=O)NOCC(=O)O)CC1. The van der Waals surface area contributed by atoms with Crippen LogP contribution in [-0.2, 0) is 9.63 Å². The maximum atomic E-state index is 11.1. The van der Waals surface area contributed by atoms with Gasteiger partial charge in [0.25, 0.3) is 0 Å². The van der Waals surface area contributed by atoms with Crippen LogP contribution in [0.4, 0.5) is 4.79 Å². The van der Waals surface area contributed by atoms with E-state index >= 15 is 0 Å². The predicted octanol–water partition coefficient (Wildman–Crippen LogP) is 0.492. The van der Waals surface area contributed by atoms with Gasteiger partial charge in [-0.05, 0) is 24.7 Å². The molecule has 0 spiro atoms. The average molecular weight is 216 g/mol. The Balaban J connectivity index is 2.06. The summed E-state index contributed by atoms with van der Waals surface area (Å²) in [6, 6.07) is -0.490. The zero-order valence-electron chi connectivity index (χ0n) is 8.71. The second-order valence-electron chi connectivity index (χ2n) is 3.82. The van der Waals surface area contributed by atoms with Crippen molar-refractivity contribution in [1.82, 2.24) is 10.8 Å². The van der Waals surface area contributed by atoms with E-state index in [9.17, 15) is 9.59 Å². The maximum absolute atomic E-state index is 11.1. The van der Waals surface area contributed by atoms with Crippen molar-refractivity contribution in [2.75, 3.05) is 13.2 Å². The molecule has 0 aromatic rings. The van der Waals surface area contributed by atoms with Crippen LogP contribution >= 0.6 is 0 Å². The molecule has 6 heteroatoms. The van der Waals surface area contributed by atoms with Crippen LogP contribution < -0.4 is 10.8 Å². The van der Waals surface area contributed by atoms with E-state index in [-0.39, 0.29) is 5.41 Å². The van der Waals surface area contributed by atoms with Crippen molar-refractivity contribution in [1.29, 1.82) is 0 Å². The van der Waals surface area contributed by atoms with Crippen molar-refractivity contribution >= 4 is 12.0 Å². The molecule has 3 N–H and O–H groups in total. The third-order valence-electron chi connectivity index (χ3n) is 2.69. The highest BCUT2D eigenvalue weighted by Gasteiger charge is 2.40. The molecule has 0 aliphatic heterocycles. The highest BCUT2D eigenvalue weighted by Crippen LogP contribution is 2.47. The van der Waals surface area contributed by atoms with Crippen molar-refractivity contribution in [3.63, 3.8) is 0 Å². The standard InChI is InChI=1S/C9H16N2O4/c1-2-9(3-4-9)6-10-8(14)11-15-5-7(12)13/h2-6H2,1H3,(H,12,13)(H2,10,11,14). The van der Waals surface area contributed by atoms with E-state index in [1.54, 1.807) is 0 Å². The normalized spacial score (nSPS) is 16.9. The number of hydrogen-bond donors (Lipinski definition) is 3. The van der Waals surface area contributed by atoms with E-state index in [1.807, 2.05) is 5.48 Å². The fourth-order valence-electron chi connectivity index (χ4n) is 1.30. The Kier molecular flexibility index (Phi) is 3.90. The molecule has 0 aromatic heterocycles. The van der Waals surface area contributed by atoms with E-state index < -0.39 is 18.6 Å². The molecule has 0 radical (unpaired) electrons. The lowest BCUT2D eigenvalue weighted by Crippen LogP contribution is -2.39. The van der Waals surface area contributed by atoms with Gasteiger partial charge in [-0.2, -0.15) is 0 Å². The smallest absolute Gasteiger partial charge is 0.338 e. The van der Waals surface area contributed by atoms with Crippen molar-refractivity contribution in [3.8, 4) is 0 Å². The summed E-state index contributed by atoms with van der Waals surface area (Å²) < 4.78 is 0. The van der Waals surface area contributed by atoms with Crippen molar-refractivity contribution in [3.05, 3.63) is 0 Å². The van der Waals surface area contributed by atoms with E-state index in [1.165, 1.54) is 0 Å². The van der Waals surface area contributed by atoms with Gasteiger partial charge in [-0.3, -0.25) is 4.84 Å². The third kappa shape index (κ3) is 4.16. The van der Waals surface area contributed by atoms with Crippen LogP contribution in [0.1, 0.15) is 26.2 Å². The average Bonchev–Trinajstić information content (AvgIpc) is 2.95. The number of aliphatic carboxylic acids is 1. The van der Waals surface area contributed by atoms with Crippen molar-refractivity contribution in [2.24, 2.45) is 5.41 Å². The number of amides is 2. The topological polar surface area (TPSA) is 87.7 Å². The highest BCUT2D eigenvalue weighted by atomic mass is 16.7. The molecular formula is C9H16N2O4. The fraction of sp³-hybridized carbons (Fsp3) is 0.778. The second-order valence-corrected chi connectivity index (χ2v) is 3.82. The number of hydroxylamine groups is 1. The minimum atomic E-state index is -1.12. The van der Waals surface area contributed by atoms with Crippen molar-refractivity contribution < 1.29 is 19.5 Å². The van der Waals surface area contributed by atoms with E-state index in [4.69, 9.17) is 5.11 Å². The second kappa shape index (κ2) is 4.97. The summed E-state index contributed by atoms with van der Waals surface area (Å²) in [5.41, 5.74) is 2.28. The summed E-state index contributed by atoms with van der Waals surface area (Å²) in [4.78, 5) is 25.5. The Morgan fingerprint density at radius 2 is 2.13 bits per heavy atom. The molecule has 0 heterocycles. The van der Waals surface area contributed by atoms with Gasteiger partial charge < -0.3 is 10.4 Å². The summed E-state index contributed by atoms with van der Waals surface area (Å²) in [7, 11) is 0. The molecule has 2 amide bonds. The van der Waals surface area contributed by atoms with Crippen LogP contribution in [0, 0.1) is 5.41 Å². The first kappa shape index (κ1) is 11.8. The number of carboxylic acid groups (broad SMARTS) is 1. The van der Waals surface area contributed by atoms with E-state index in [2.05, 4.69) is 17.1 Å². The molecule has 0 unspecified atom stereocenters. The van der Waals surface area contributed by atoms with Gasteiger partial charge in [-0.1, -0.05) is 6.92 Å². The summed E-state index contributed by atoms with van der Waals surface area (Å²) in [5.74, 6) is -1.12. The number of nitrogens with one attached hydrogen (secondary N) is 2. The zero-order chi connectivity index (χ0) is 11.3. The Labute approximate surface area is 87.9 Å². The summed E-state index contributed by atoms with van der Waals surface area (Å²) in [6.45, 7) is 2.17. The molecule has 86 valence electrons. The largest absolute Gasteiger partial charge is 0.479 e. The zero-order valence-corrected chi connectivity index (χ0v) is 8.71. The summed E-state index contributed by atoms with van der Waals surface area (Å²) in [5, 5.41) is 10.9. The van der Waals surface area contributed by atoms with Gasteiger partial charge in [0.15, 0.2) is 6.61 Å². The summed E-state index contributed by atoms with van der Waals surface area (Å²) in [6.07, 6.45) is 3.32. The first-order chi connectivity index (χ1) is 7.08. The number of hydrogen-bond acceptors (Lipinski definition) is 3. The lowest BCUT2D eigenvalue weighted by atomic mass is 10.0. The highest BCUT2D eigenvalue weighted by molar-refractivity contribution is 5.73. The third-order valence-corrected chi connectivity index (χ3v) is 2.69. The van der Waals surface area contributed by atoms with Crippen LogP contribution in [-0.4, -0.2) is 30.3 Å². The number of carbonyl (C=O) groups excluding carboxylic acids is 1. The number of rotatable bonds is 6. The van der Waals surface area contributed by atoms with Crippen LogP contribution in [0.3, 0.4) is 0 Å². The lowest BCUT2D eigenvalue weighted by Gasteiger charge is -2.13. The van der Waals surface area contributed by atoms with Gasteiger partial charge in [0.2, 0.25) is 0 Å². The lowest BCUT2D eigenvalue weighted by molar-refractivity contribution is -0.144. The Bertz CT molecular complexity index is 250. The Hall–Kier alpha value is -1.30. The Morgan fingerprint density at radius 3 is 2.60 bits per heavy atom. The van der Waals surface area contributed by atoms with Gasteiger partial charge in [0.05, 0.1) is 0 Å². The number of carboxylic acids is 1. The maximum Gasteiger partial charge on any atom is 0.338 e. The quantitative estimate of drug-likeness (QED) is 0.564. The van der Waals surface area contributed by atoms with Gasteiger partial charge >= 0.3 is 12.0 Å². The van der Waals surface area contributed by atoms with Crippen LogP contribution in [0.25, 0.3) is 0 Å². The number of carbonyl (C=O) groups is 2. The molecule has 0 aromatic carbocycles. The molecule has 0 saturated heterocycles. The first-order valence-corrected chi connectivity index (χ1v) is 4.95. The molecular weight excluding hydrogens is 200 g/mol. The van der Waals surface area contributed by atoms with Gasteiger partial charge in [-0.25, -0.2) is 15.1 Å². The molecule has 0 bridgehead atoms. The minimum Gasteiger partial charge on any atom is -0.479 e. The predicted molar refractivity (Wildman–Crippen MR) is 52.1 cm³/mol. The molecule has 1 aliphatic carbocycles. The fourth-order valence-corrected chi connectivity index (χ4v) is 1.30. The van der Waals surface area contributed by atoms with Crippen LogP contribution in [0.5, 0.6) is 0 Å². The molecule has 6 nitrogen and oxygen atoms in total. The van der Waals surface area contributed by atoms with Crippen LogP contribution in [0.15, 0.2) is 0 Å². The summed E-state index contributed by atoms with van der Waals surface area (Å²) >= 11 is 0. The first-order valence-electron chi connectivity index (χ1n) is 4.95.